The van der Waals surface area contributed by atoms with Crippen LogP contribution in [0, 0.1) is 20.8 Å². The Morgan fingerprint density at radius 2 is 1.56 bits per heavy atom. The number of aryl methyl sites for hydroxylation is 3. The number of hydrogen-bond donors (Lipinski definition) is 3. The molecule has 0 aromatic heterocycles. The fourth-order valence-corrected chi connectivity index (χ4v) is 2.28. The SMILES string of the molecule is CCC(CO)(CO)NCc1c(C)cc(C)cc1C. The molecule has 0 bridgehead atoms. The van der Waals surface area contributed by atoms with Gasteiger partial charge >= 0.3 is 0 Å². The zero-order valence-electron chi connectivity index (χ0n) is 11.9. The van der Waals surface area contributed by atoms with E-state index < -0.39 is 5.54 Å². The molecule has 0 radical (unpaired) electrons. The van der Waals surface area contributed by atoms with E-state index in [2.05, 4.69) is 38.2 Å². The molecule has 3 nitrogen and oxygen atoms in total. The van der Waals surface area contributed by atoms with Gasteiger partial charge in [-0.1, -0.05) is 24.6 Å². The van der Waals surface area contributed by atoms with Crippen molar-refractivity contribution in [1.29, 1.82) is 0 Å². The Bertz CT molecular complexity index is 366. The van der Waals surface area contributed by atoms with Crippen molar-refractivity contribution >= 4 is 0 Å². The lowest BCUT2D eigenvalue weighted by atomic mass is 9.95. The Kier molecular flexibility index (Phi) is 5.32. The molecule has 0 spiro atoms. The van der Waals surface area contributed by atoms with E-state index in [1.54, 1.807) is 0 Å². The second-order valence-electron chi connectivity index (χ2n) is 5.18. The predicted molar refractivity (Wildman–Crippen MR) is 74.7 cm³/mol. The summed E-state index contributed by atoms with van der Waals surface area (Å²) in [7, 11) is 0. The van der Waals surface area contributed by atoms with Gasteiger partial charge in [-0.05, 0) is 43.9 Å². The van der Waals surface area contributed by atoms with Crippen LogP contribution in [0.1, 0.15) is 35.6 Å². The van der Waals surface area contributed by atoms with E-state index in [0.717, 1.165) is 0 Å². The molecule has 0 aliphatic carbocycles. The first-order valence-corrected chi connectivity index (χ1v) is 6.51. The summed E-state index contributed by atoms with van der Waals surface area (Å²) < 4.78 is 0. The molecule has 18 heavy (non-hydrogen) atoms. The minimum atomic E-state index is -0.580. The van der Waals surface area contributed by atoms with Crippen LogP contribution >= 0.6 is 0 Å². The van der Waals surface area contributed by atoms with Crippen molar-refractivity contribution in [1.82, 2.24) is 5.32 Å². The van der Waals surface area contributed by atoms with Crippen LogP contribution < -0.4 is 5.32 Å². The Labute approximate surface area is 110 Å². The maximum absolute atomic E-state index is 9.41. The lowest BCUT2D eigenvalue weighted by Crippen LogP contribution is -2.50. The summed E-state index contributed by atoms with van der Waals surface area (Å²) in [6.45, 7) is 8.83. The average molecular weight is 251 g/mol. The molecule has 0 saturated heterocycles. The highest BCUT2D eigenvalue weighted by atomic mass is 16.3. The van der Waals surface area contributed by atoms with Crippen LogP contribution in [-0.2, 0) is 6.54 Å². The second kappa shape index (κ2) is 6.32. The van der Waals surface area contributed by atoms with Gasteiger partial charge in [-0.25, -0.2) is 0 Å². The summed E-state index contributed by atoms with van der Waals surface area (Å²) in [5.41, 5.74) is 4.44. The summed E-state index contributed by atoms with van der Waals surface area (Å²) in [5.74, 6) is 0. The summed E-state index contributed by atoms with van der Waals surface area (Å²) in [6, 6.07) is 4.32. The zero-order chi connectivity index (χ0) is 13.8. The van der Waals surface area contributed by atoms with Crippen molar-refractivity contribution < 1.29 is 10.2 Å². The van der Waals surface area contributed by atoms with Gasteiger partial charge in [0.2, 0.25) is 0 Å². The third-order valence-electron chi connectivity index (χ3n) is 3.76. The summed E-state index contributed by atoms with van der Waals surface area (Å²) in [6.07, 6.45) is 0.698. The second-order valence-corrected chi connectivity index (χ2v) is 5.18. The number of aliphatic hydroxyl groups is 2. The number of aliphatic hydroxyl groups excluding tert-OH is 2. The Morgan fingerprint density at radius 3 is 1.94 bits per heavy atom. The molecule has 3 N–H and O–H groups in total. The summed E-state index contributed by atoms with van der Waals surface area (Å²) in [5, 5.41) is 22.1. The minimum absolute atomic E-state index is 0.0516. The van der Waals surface area contributed by atoms with Crippen LogP contribution in [0.3, 0.4) is 0 Å². The first-order valence-electron chi connectivity index (χ1n) is 6.51. The fourth-order valence-electron chi connectivity index (χ4n) is 2.28. The van der Waals surface area contributed by atoms with Crippen molar-refractivity contribution in [2.75, 3.05) is 13.2 Å². The van der Waals surface area contributed by atoms with E-state index in [1.165, 1.54) is 22.3 Å². The number of rotatable bonds is 6. The molecule has 0 saturated carbocycles. The molecule has 1 rings (SSSR count). The van der Waals surface area contributed by atoms with Gasteiger partial charge in [0.1, 0.15) is 0 Å². The highest BCUT2D eigenvalue weighted by molar-refractivity contribution is 5.37. The smallest absolute Gasteiger partial charge is 0.0648 e. The van der Waals surface area contributed by atoms with Gasteiger partial charge in [0, 0.05) is 6.54 Å². The molecule has 3 heteroatoms. The van der Waals surface area contributed by atoms with Crippen molar-refractivity contribution in [2.24, 2.45) is 0 Å². The van der Waals surface area contributed by atoms with Crippen molar-refractivity contribution in [2.45, 2.75) is 46.2 Å². The molecule has 0 aliphatic rings. The van der Waals surface area contributed by atoms with Crippen LogP contribution in [0.25, 0.3) is 0 Å². The molecule has 0 heterocycles. The monoisotopic (exact) mass is 251 g/mol. The van der Waals surface area contributed by atoms with Gasteiger partial charge in [0.25, 0.3) is 0 Å². The van der Waals surface area contributed by atoms with Gasteiger partial charge in [-0.3, -0.25) is 0 Å². The molecule has 0 aliphatic heterocycles. The van der Waals surface area contributed by atoms with Gasteiger partial charge in [-0.2, -0.15) is 0 Å². The molecule has 0 unspecified atom stereocenters. The maximum Gasteiger partial charge on any atom is 0.0648 e. The molecule has 0 amide bonds. The van der Waals surface area contributed by atoms with Crippen molar-refractivity contribution in [3.05, 3.63) is 34.4 Å². The Balaban J connectivity index is 2.86. The van der Waals surface area contributed by atoms with Gasteiger partial charge in [0.15, 0.2) is 0 Å². The van der Waals surface area contributed by atoms with Crippen LogP contribution in [0.5, 0.6) is 0 Å². The number of nitrogens with one attached hydrogen (secondary N) is 1. The highest BCUT2D eigenvalue weighted by Gasteiger charge is 2.25. The van der Waals surface area contributed by atoms with E-state index >= 15 is 0 Å². The van der Waals surface area contributed by atoms with Crippen LogP contribution in [-0.4, -0.2) is 29.0 Å². The Morgan fingerprint density at radius 1 is 1.06 bits per heavy atom. The van der Waals surface area contributed by atoms with Crippen molar-refractivity contribution in [3.8, 4) is 0 Å². The largest absolute Gasteiger partial charge is 0.394 e. The number of benzene rings is 1. The summed E-state index contributed by atoms with van der Waals surface area (Å²) >= 11 is 0. The third kappa shape index (κ3) is 3.31. The Hall–Kier alpha value is -0.900. The van der Waals surface area contributed by atoms with E-state index in [1.807, 2.05) is 6.92 Å². The van der Waals surface area contributed by atoms with Crippen LogP contribution in [0.4, 0.5) is 0 Å². The van der Waals surface area contributed by atoms with E-state index in [9.17, 15) is 10.2 Å². The maximum atomic E-state index is 9.41. The van der Waals surface area contributed by atoms with E-state index in [-0.39, 0.29) is 13.2 Å². The van der Waals surface area contributed by atoms with Crippen LogP contribution in [0.15, 0.2) is 12.1 Å². The van der Waals surface area contributed by atoms with Gasteiger partial charge < -0.3 is 15.5 Å². The predicted octanol–water partition coefficient (Wildman–Crippen LogP) is 1.83. The first kappa shape index (κ1) is 15.2. The normalized spacial score (nSPS) is 11.9. The topological polar surface area (TPSA) is 52.5 Å². The molecular formula is C15H25NO2. The lowest BCUT2D eigenvalue weighted by molar-refractivity contribution is 0.0863. The van der Waals surface area contributed by atoms with Gasteiger partial charge in [-0.15, -0.1) is 0 Å². The number of hydrogen-bond acceptors (Lipinski definition) is 3. The van der Waals surface area contributed by atoms with E-state index in [0.29, 0.717) is 13.0 Å². The standard InChI is InChI=1S/C15H25NO2/c1-5-15(9-17,10-18)16-8-14-12(3)6-11(2)7-13(14)4/h6-7,16-18H,5,8-10H2,1-4H3. The first-order chi connectivity index (χ1) is 8.48. The van der Waals surface area contributed by atoms with Crippen molar-refractivity contribution in [3.63, 3.8) is 0 Å². The van der Waals surface area contributed by atoms with Crippen LogP contribution in [0.2, 0.25) is 0 Å². The average Bonchev–Trinajstić information content (AvgIpc) is 2.33. The minimum Gasteiger partial charge on any atom is -0.394 e. The highest BCUT2D eigenvalue weighted by Crippen LogP contribution is 2.18. The van der Waals surface area contributed by atoms with Gasteiger partial charge in [0.05, 0.1) is 18.8 Å². The molecule has 0 fully saturated rings. The molecular weight excluding hydrogens is 226 g/mol. The molecule has 102 valence electrons. The van der Waals surface area contributed by atoms with E-state index in [4.69, 9.17) is 0 Å². The molecule has 1 aromatic rings. The quantitative estimate of drug-likeness (QED) is 0.723. The fraction of sp³-hybridized carbons (Fsp3) is 0.600. The zero-order valence-corrected chi connectivity index (χ0v) is 11.9. The summed E-state index contributed by atoms with van der Waals surface area (Å²) in [4.78, 5) is 0. The third-order valence-corrected chi connectivity index (χ3v) is 3.76. The molecule has 0 atom stereocenters. The molecule has 1 aromatic carbocycles. The lowest BCUT2D eigenvalue weighted by Gasteiger charge is -2.30.